The van der Waals surface area contributed by atoms with Crippen LogP contribution in [0.1, 0.15) is 28.6 Å². The minimum absolute atomic E-state index is 0.106. The lowest BCUT2D eigenvalue weighted by molar-refractivity contribution is -0.158. The number of rotatable bonds is 4. The standard InChI is InChI=1S/C16H19NO7S/c1-8-7-16(15(19)20)10-4-5-12(23-2)17-11(10)6-9(14(16)18)13(8)24-25(3,21)22/h4-5,8-9,13H,6-7H2,1-3H3,(H,19,20)/t8?,9-,13?,16+/m1/s1/i1D3. The quantitative estimate of drug-likeness (QED) is 0.601. The highest BCUT2D eigenvalue weighted by Crippen LogP contribution is 2.49. The molecule has 0 spiro atoms. The number of methoxy groups -OCH3 is 1. The van der Waals surface area contributed by atoms with Crippen molar-refractivity contribution in [2.24, 2.45) is 11.8 Å². The number of hydrogen-bond acceptors (Lipinski definition) is 7. The summed E-state index contributed by atoms with van der Waals surface area (Å²) in [6, 6.07) is 2.80. The number of ether oxygens (including phenoxy) is 1. The first-order valence-electron chi connectivity index (χ1n) is 9.01. The number of carbonyl (C=O) groups is 2. The van der Waals surface area contributed by atoms with Gasteiger partial charge in [-0.05, 0) is 17.9 Å². The average Bonchev–Trinajstić information content (AvgIpc) is 2.55. The molecular formula is C16H19NO7S. The van der Waals surface area contributed by atoms with E-state index in [9.17, 15) is 23.1 Å². The predicted octanol–water partition coefficient (Wildman–Crippen LogP) is 0.539. The first kappa shape index (κ1) is 14.2. The molecule has 0 radical (unpaired) electrons. The molecule has 2 aliphatic carbocycles. The Bertz CT molecular complexity index is 946. The SMILES string of the molecule is [2H]C([2H])([2H])C1C[C@@]2(C(=O)O)C(=O)[C@H](Cc3nc(OC)ccc32)C1OS(C)(=O)=O. The molecule has 0 saturated heterocycles. The summed E-state index contributed by atoms with van der Waals surface area (Å²) in [5, 5.41) is 9.96. The van der Waals surface area contributed by atoms with E-state index in [-0.39, 0.29) is 23.6 Å². The van der Waals surface area contributed by atoms with Gasteiger partial charge in [-0.25, -0.2) is 4.98 Å². The fourth-order valence-corrected chi connectivity index (χ4v) is 4.41. The molecule has 1 saturated carbocycles. The van der Waals surface area contributed by atoms with Crippen molar-refractivity contribution in [1.82, 2.24) is 4.98 Å². The Kier molecular flexibility index (Phi) is 3.28. The minimum Gasteiger partial charge on any atom is -0.481 e. The average molecular weight is 372 g/mol. The van der Waals surface area contributed by atoms with Crippen LogP contribution in [0, 0.1) is 11.8 Å². The molecule has 25 heavy (non-hydrogen) atoms. The molecule has 1 N–H and O–H groups in total. The number of aliphatic carboxylic acids is 1. The molecule has 1 fully saturated rings. The summed E-state index contributed by atoms with van der Waals surface area (Å²) < 4.78 is 56.9. The molecule has 0 amide bonds. The molecule has 2 bridgehead atoms. The molecule has 136 valence electrons. The van der Waals surface area contributed by atoms with E-state index in [1.807, 2.05) is 0 Å². The molecule has 8 nitrogen and oxygen atoms in total. The molecule has 1 aromatic rings. The zero-order chi connectivity index (χ0) is 21.1. The molecule has 0 aromatic carbocycles. The van der Waals surface area contributed by atoms with Crippen LogP contribution in [0.4, 0.5) is 0 Å². The summed E-state index contributed by atoms with van der Waals surface area (Å²) in [7, 11) is -2.73. The second-order valence-electron chi connectivity index (χ2n) is 6.31. The van der Waals surface area contributed by atoms with Crippen molar-refractivity contribution in [3.63, 3.8) is 0 Å². The summed E-state index contributed by atoms with van der Waals surface area (Å²) in [6.45, 7) is -2.73. The van der Waals surface area contributed by atoms with E-state index in [1.165, 1.54) is 19.2 Å². The fraction of sp³-hybridized carbons (Fsp3) is 0.562. The summed E-state index contributed by atoms with van der Waals surface area (Å²) in [5.41, 5.74) is -1.78. The molecule has 0 aliphatic heterocycles. The van der Waals surface area contributed by atoms with E-state index in [0.717, 1.165) is 6.26 Å². The van der Waals surface area contributed by atoms with Gasteiger partial charge in [0.15, 0.2) is 11.2 Å². The normalized spacial score (nSPS) is 33.6. The lowest BCUT2D eigenvalue weighted by Crippen LogP contribution is -2.60. The number of carboxylic acid groups (broad SMARTS) is 1. The highest BCUT2D eigenvalue weighted by Gasteiger charge is 2.61. The third-order valence-corrected chi connectivity index (χ3v) is 5.33. The van der Waals surface area contributed by atoms with Gasteiger partial charge in [-0.1, -0.05) is 12.9 Å². The zero-order valence-electron chi connectivity index (χ0n) is 16.6. The van der Waals surface area contributed by atoms with Crippen molar-refractivity contribution in [2.75, 3.05) is 13.4 Å². The van der Waals surface area contributed by atoms with Gasteiger partial charge in [0.25, 0.3) is 10.1 Å². The third-order valence-electron chi connectivity index (χ3n) is 4.76. The van der Waals surface area contributed by atoms with Crippen molar-refractivity contribution < 1.29 is 36.1 Å². The van der Waals surface area contributed by atoms with E-state index in [0.29, 0.717) is 0 Å². The van der Waals surface area contributed by atoms with Crippen molar-refractivity contribution in [3.05, 3.63) is 23.4 Å². The Labute approximate surface area is 149 Å². The Morgan fingerprint density at radius 3 is 2.76 bits per heavy atom. The number of carboxylic acids is 1. The van der Waals surface area contributed by atoms with E-state index < -0.39 is 58.5 Å². The largest absolute Gasteiger partial charge is 0.481 e. The van der Waals surface area contributed by atoms with Crippen molar-refractivity contribution in [1.29, 1.82) is 0 Å². The number of hydrogen-bond donors (Lipinski definition) is 1. The number of nitrogens with zero attached hydrogens (tertiary/aromatic N) is 1. The van der Waals surface area contributed by atoms with Gasteiger partial charge < -0.3 is 9.84 Å². The van der Waals surface area contributed by atoms with Gasteiger partial charge in [0, 0.05) is 16.6 Å². The van der Waals surface area contributed by atoms with Crippen LogP contribution in [-0.4, -0.2) is 49.7 Å². The van der Waals surface area contributed by atoms with E-state index >= 15 is 0 Å². The van der Waals surface area contributed by atoms with Gasteiger partial charge in [-0.3, -0.25) is 13.8 Å². The molecule has 2 unspecified atom stereocenters. The summed E-state index contributed by atoms with van der Waals surface area (Å²) in [5.74, 6) is -4.82. The van der Waals surface area contributed by atoms with Gasteiger partial charge in [0.05, 0.1) is 31.1 Å². The van der Waals surface area contributed by atoms with Crippen molar-refractivity contribution in [3.8, 4) is 5.88 Å². The Hall–Kier alpha value is -2.00. The van der Waals surface area contributed by atoms with E-state index in [4.69, 9.17) is 13.0 Å². The number of pyridine rings is 1. The van der Waals surface area contributed by atoms with Gasteiger partial charge in [0.2, 0.25) is 5.88 Å². The maximum absolute atomic E-state index is 13.2. The number of aromatic nitrogens is 1. The summed E-state index contributed by atoms with van der Waals surface area (Å²) in [4.78, 5) is 29.6. The maximum atomic E-state index is 13.2. The van der Waals surface area contributed by atoms with Crippen LogP contribution in [0.15, 0.2) is 12.1 Å². The topological polar surface area (TPSA) is 120 Å². The number of carbonyl (C=O) groups excluding carboxylic acids is 1. The first-order valence-corrected chi connectivity index (χ1v) is 9.33. The van der Waals surface area contributed by atoms with Crippen molar-refractivity contribution in [2.45, 2.75) is 31.2 Å². The monoisotopic (exact) mass is 372 g/mol. The Morgan fingerprint density at radius 2 is 2.20 bits per heavy atom. The molecule has 2 aliphatic rings. The van der Waals surface area contributed by atoms with Crippen LogP contribution >= 0.6 is 0 Å². The van der Waals surface area contributed by atoms with Crippen LogP contribution in [0.25, 0.3) is 0 Å². The van der Waals surface area contributed by atoms with Gasteiger partial charge >= 0.3 is 5.97 Å². The minimum atomic E-state index is -4.10. The fourth-order valence-electron chi connectivity index (χ4n) is 3.74. The predicted molar refractivity (Wildman–Crippen MR) is 85.8 cm³/mol. The molecule has 1 heterocycles. The highest BCUT2D eigenvalue weighted by molar-refractivity contribution is 7.86. The summed E-state index contributed by atoms with van der Waals surface area (Å²) >= 11 is 0. The summed E-state index contributed by atoms with van der Waals surface area (Å²) in [6.07, 6.45) is -1.52. The Morgan fingerprint density at radius 1 is 1.48 bits per heavy atom. The Balaban J connectivity index is 2.25. The van der Waals surface area contributed by atoms with E-state index in [1.54, 1.807) is 0 Å². The van der Waals surface area contributed by atoms with Gasteiger partial charge in [-0.15, -0.1) is 0 Å². The molecule has 9 heteroatoms. The van der Waals surface area contributed by atoms with Crippen molar-refractivity contribution >= 4 is 21.9 Å². The molecule has 4 atom stereocenters. The van der Waals surface area contributed by atoms with Crippen LogP contribution in [0.3, 0.4) is 0 Å². The van der Waals surface area contributed by atoms with Crippen LogP contribution < -0.4 is 4.74 Å². The van der Waals surface area contributed by atoms with Gasteiger partial charge in [-0.2, -0.15) is 8.42 Å². The lowest BCUT2D eigenvalue weighted by Gasteiger charge is -2.47. The van der Waals surface area contributed by atoms with E-state index in [2.05, 4.69) is 4.98 Å². The number of fused-ring (bicyclic) bond motifs is 4. The van der Waals surface area contributed by atoms with Crippen LogP contribution in [0.2, 0.25) is 0 Å². The molecule has 1 aromatic heterocycles. The van der Waals surface area contributed by atoms with Gasteiger partial charge in [0.1, 0.15) is 0 Å². The number of ketones is 1. The highest BCUT2D eigenvalue weighted by atomic mass is 32.2. The van der Waals surface area contributed by atoms with Crippen LogP contribution in [0.5, 0.6) is 5.88 Å². The van der Waals surface area contributed by atoms with Crippen LogP contribution in [-0.2, 0) is 35.7 Å². The zero-order valence-corrected chi connectivity index (χ0v) is 14.4. The first-order chi connectivity index (χ1) is 12.8. The maximum Gasteiger partial charge on any atom is 0.321 e. The molecular weight excluding hydrogens is 350 g/mol. The second-order valence-corrected chi connectivity index (χ2v) is 7.91. The lowest BCUT2D eigenvalue weighted by atomic mass is 9.56. The second kappa shape index (κ2) is 5.77. The number of Topliss-reactive ketones (excluding diaryl/α,β-unsaturated/α-hetero) is 1. The molecule has 3 rings (SSSR count). The third kappa shape index (κ3) is 2.71. The smallest absolute Gasteiger partial charge is 0.321 e.